The normalized spacial score (nSPS) is 19.0. The molecule has 0 radical (unpaired) electrons. The molecule has 2 heterocycles. The molecule has 28 heavy (non-hydrogen) atoms. The number of nitrogens with zero attached hydrogens (tertiary/aromatic N) is 1. The maximum absolute atomic E-state index is 13.5. The summed E-state index contributed by atoms with van der Waals surface area (Å²) in [6, 6.07) is 15.8. The molecule has 3 aromatic rings. The number of aromatic nitrogens is 1. The summed E-state index contributed by atoms with van der Waals surface area (Å²) < 4.78 is 13.5. The number of rotatable bonds is 6. The van der Waals surface area contributed by atoms with Crippen LogP contribution >= 0.6 is 11.8 Å². The highest BCUT2D eigenvalue weighted by molar-refractivity contribution is 7.99. The first-order chi connectivity index (χ1) is 13.5. The molecule has 0 saturated heterocycles. The number of benzene rings is 2. The van der Waals surface area contributed by atoms with E-state index in [-0.39, 0.29) is 11.4 Å². The minimum absolute atomic E-state index is 0.0715. The van der Waals surface area contributed by atoms with Gasteiger partial charge >= 0.3 is 0 Å². The Kier molecular flexibility index (Phi) is 5.52. The molecule has 148 valence electrons. The van der Waals surface area contributed by atoms with Gasteiger partial charge in [0, 0.05) is 27.4 Å². The van der Waals surface area contributed by atoms with Crippen molar-refractivity contribution in [1.29, 1.82) is 0 Å². The van der Waals surface area contributed by atoms with E-state index in [0.717, 1.165) is 25.7 Å². The average Bonchev–Trinajstić information content (AvgIpc) is 3.09. The zero-order valence-electron chi connectivity index (χ0n) is 17.0. The third-order valence-electron chi connectivity index (χ3n) is 6.48. The van der Waals surface area contributed by atoms with Crippen molar-refractivity contribution in [3.63, 3.8) is 0 Å². The van der Waals surface area contributed by atoms with Crippen LogP contribution in [0.15, 0.2) is 48.5 Å². The second-order valence-corrected chi connectivity index (χ2v) is 9.31. The zero-order chi connectivity index (χ0) is 19.7. The number of halogens is 1. The van der Waals surface area contributed by atoms with Crippen molar-refractivity contribution in [2.75, 3.05) is 19.8 Å². The van der Waals surface area contributed by atoms with Gasteiger partial charge in [-0.1, -0.05) is 37.3 Å². The number of hydrogen-bond acceptors (Lipinski definition) is 2. The summed E-state index contributed by atoms with van der Waals surface area (Å²) in [5.41, 5.74) is 5.32. The quantitative estimate of drug-likeness (QED) is 0.528. The molecule has 0 aliphatic carbocycles. The SMILES string of the molecule is CCC(CCC1SCCc2c1[nH]c1ccccc21)(c1ccc(F)cc1)N(C)C. The lowest BCUT2D eigenvalue weighted by Gasteiger charge is -2.41. The van der Waals surface area contributed by atoms with Crippen LogP contribution in [0.4, 0.5) is 4.39 Å². The monoisotopic (exact) mass is 396 g/mol. The molecule has 2 unspecified atom stereocenters. The third-order valence-corrected chi connectivity index (χ3v) is 7.80. The predicted molar refractivity (Wildman–Crippen MR) is 118 cm³/mol. The Morgan fingerprint density at radius 1 is 1.14 bits per heavy atom. The highest BCUT2D eigenvalue weighted by Gasteiger charge is 2.35. The van der Waals surface area contributed by atoms with Crippen molar-refractivity contribution in [2.45, 2.75) is 43.4 Å². The van der Waals surface area contributed by atoms with Gasteiger partial charge in [-0.05, 0) is 74.9 Å². The molecule has 4 rings (SSSR count). The Morgan fingerprint density at radius 3 is 2.61 bits per heavy atom. The highest BCUT2D eigenvalue weighted by Crippen LogP contribution is 2.45. The van der Waals surface area contributed by atoms with Crippen molar-refractivity contribution in [3.05, 3.63) is 71.2 Å². The molecule has 0 bridgehead atoms. The average molecular weight is 397 g/mol. The summed E-state index contributed by atoms with van der Waals surface area (Å²) in [6.07, 6.45) is 4.30. The molecule has 1 aliphatic heterocycles. The van der Waals surface area contributed by atoms with Gasteiger partial charge in [-0.3, -0.25) is 4.90 Å². The van der Waals surface area contributed by atoms with E-state index in [2.05, 4.69) is 66.9 Å². The molecule has 0 fully saturated rings. The maximum Gasteiger partial charge on any atom is 0.123 e. The number of aromatic amines is 1. The number of fused-ring (bicyclic) bond motifs is 3. The van der Waals surface area contributed by atoms with Crippen molar-refractivity contribution < 1.29 is 4.39 Å². The number of para-hydroxylation sites is 1. The van der Waals surface area contributed by atoms with Crippen LogP contribution in [-0.2, 0) is 12.0 Å². The van der Waals surface area contributed by atoms with E-state index in [9.17, 15) is 4.39 Å². The molecule has 0 amide bonds. The van der Waals surface area contributed by atoms with Crippen LogP contribution < -0.4 is 0 Å². The van der Waals surface area contributed by atoms with E-state index in [1.165, 1.54) is 33.5 Å². The van der Waals surface area contributed by atoms with Crippen LogP contribution in [0.2, 0.25) is 0 Å². The maximum atomic E-state index is 13.5. The van der Waals surface area contributed by atoms with E-state index in [1.807, 2.05) is 12.1 Å². The van der Waals surface area contributed by atoms with Gasteiger partial charge in [-0.25, -0.2) is 4.39 Å². The first-order valence-electron chi connectivity index (χ1n) is 10.2. The molecule has 2 nitrogen and oxygen atoms in total. The Bertz CT molecular complexity index is 947. The minimum atomic E-state index is -0.168. The molecule has 4 heteroatoms. The van der Waals surface area contributed by atoms with Gasteiger partial charge < -0.3 is 4.98 Å². The van der Waals surface area contributed by atoms with Gasteiger partial charge in [0.05, 0.1) is 0 Å². The fourth-order valence-corrected chi connectivity index (χ4v) is 6.09. The molecular weight excluding hydrogens is 367 g/mol. The number of nitrogens with one attached hydrogen (secondary N) is 1. The van der Waals surface area contributed by atoms with Gasteiger partial charge in [-0.2, -0.15) is 11.8 Å². The summed E-state index contributed by atoms with van der Waals surface area (Å²) in [7, 11) is 4.30. The summed E-state index contributed by atoms with van der Waals surface area (Å²) in [6.45, 7) is 2.24. The zero-order valence-corrected chi connectivity index (χ0v) is 17.8. The fourth-order valence-electron chi connectivity index (χ4n) is 4.83. The molecule has 2 aromatic carbocycles. The van der Waals surface area contributed by atoms with E-state index in [1.54, 1.807) is 12.1 Å². The van der Waals surface area contributed by atoms with Crippen molar-refractivity contribution in [2.24, 2.45) is 0 Å². The van der Waals surface area contributed by atoms with Gasteiger partial charge in [0.1, 0.15) is 5.82 Å². The minimum Gasteiger partial charge on any atom is -0.357 e. The van der Waals surface area contributed by atoms with Crippen LogP contribution in [0.3, 0.4) is 0 Å². The van der Waals surface area contributed by atoms with Crippen molar-refractivity contribution >= 4 is 22.7 Å². The molecule has 1 aromatic heterocycles. The number of thioether (sulfide) groups is 1. The largest absolute Gasteiger partial charge is 0.357 e. The number of hydrogen-bond donors (Lipinski definition) is 1. The van der Waals surface area contributed by atoms with Gasteiger partial charge in [0.2, 0.25) is 0 Å². The highest BCUT2D eigenvalue weighted by atomic mass is 32.2. The van der Waals surface area contributed by atoms with Gasteiger partial charge in [0.15, 0.2) is 0 Å². The second kappa shape index (κ2) is 7.92. The van der Waals surface area contributed by atoms with Crippen LogP contribution in [0.1, 0.15) is 48.3 Å². The molecule has 1 aliphatic rings. The Labute approximate surface area is 171 Å². The fraction of sp³-hybridized carbons (Fsp3) is 0.417. The lowest BCUT2D eigenvalue weighted by Crippen LogP contribution is -2.41. The lowest BCUT2D eigenvalue weighted by atomic mass is 9.81. The second-order valence-electron chi connectivity index (χ2n) is 8.00. The standard InChI is InChI=1S/C24H29FN2S/c1-4-24(27(2)3,17-9-11-18(25)12-10-17)15-13-22-23-20(14-16-28-22)19-7-5-6-8-21(19)26-23/h5-12,22,26H,4,13-16H2,1-3H3. The number of aryl methyl sites for hydroxylation is 1. The molecule has 0 saturated carbocycles. The first kappa shape index (κ1) is 19.5. The van der Waals surface area contributed by atoms with Crippen molar-refractivity contribution in [1.82, 2.24) is 9.88 Å². The van der Waals surface area contributed by atoms with Crippen LogP contribution in [0, 0.1) is 5.82 Å². The van der Waals surface area contributed by atoms with E-state index in [4.69, 9.17) is 0 Å². The summed E-state index contributed by atoms with van der Waals surface area (Å²) in [5.74, 6) is 1.01. The van der Waals surface area contributed by atoms with Crippen LogP contribution in [-0.4, -0.2) is 29.7 Å². The molecule has 0 spiro atoms. The molecule has 2 atom stereocenters. The van der Waals surface area contributed by atoms with Crippen LogP contribution in [0.5, 0.6) is 0 Å². The van der Waals surface area contributed by atoms with Crippen molar-refractivity contribution in [3.8, 4) is 0 Å². The lowest BCUT2D eigenvalue weighted by molar-refractivity contribution is 0.128. The first-order valence-corrected chi connectivity index (χ1v) is 11.2. The van der Waals surface area contributed by atoms with E-state index < -0.39 is 0 Å². The molecular formula is C24H29FN2S. The smallest absolute Gasteiger partial charge is 0.123 e. The third kappa shape index (κ3) is 3.37. The van der Waals surface area contributed by atoms with Gasteiger partial charge in [0.25, 0.3) is 0 Å². The number of H-pyrrole nitrogens is 1. The van der Waals surface area contributed by atoms with Gasteiger partial charge in [-0.15, -0.1) is 0 Å². The predicted octanol–water partition coefficient (Wildman–Crippen LogP) is 6.28. The Hall–Kier alpha value is -1.78. The summed E-state index contributed by atoms with van der Waals surface area (Å²) >= 11 is 2.07. The summed E-state index contributed by atoms with van der Waals surface area (Å²) in [4.78, 5) is 6.03. The Morgan fingerprint density at radius 2 is 1.89 bits per heavy atom. The van der Waals surface area contributed by atoms with Crippen LogP contribution in [0.25, 0.3) is 10.9 Å². The topological polar surface area (TPSA) is 19.0 Å². The van der Waals surface area contributed by atoms with E-state index >= 15 is 0 Å². The van der Waals surface area contributed by atoms with E-state index in [0.29, 0.717) is 5.25 Å². The Balaban J connectivity index is 1.63. The molecule has 1 N–H and O–H groups in total. The summed E-state index contributed by atoms with van der Waals surface area (Å²) in [5, 5.41) is 1.87.